The first kappa shape index (κ1) is 20.4. The highest BCUT2D eigenvalue weighted by Gasteiger charge is 2.36. The molecule has 1 aromatic heterocycles. The number of ether oxygens (including phenoxy) is 1. The van der Waals surface area contributed by atoms with Crippen LogP contribution in [0.4, 0.5) is 0 Å². The van der Waals surface area contributed by atoms with E-state index in [9.17, 15) is 4.79 Å². The van der Waals surface area contributed by atoms with Crippen molar-refractivity contribution in [3.8, 4) is 17.2 Å². The quantitative estimate of drug-likeness (QED) is 0.195. The Morgan fingerprint density at radius 2 is 2.00 bits per heavy atom. The number of rotatable bonds is 4. The number of fused-ring (bicyclic) bond motifs is 1. The molecule has 0 radical (unpaired) electrons. The van der Waals surface area contributed by atoms with Gasteiger partial charge in [0, 0.05) is 33.4 Å². The number of esters is 1. The van der Waals surface area contributed by atoms with Crippen LogP contribution in [-0.2, 0) is 4.74 Å². The summed E-state index contributed by atoms with van der Waals surface area (Å²) >= 11 is 0. The zero-order valence-electron chi connectivity index (χ0n) is 17.8. The number of terminal acetylenes is 1. The van der Waals surface area contributed by atoms with Crippen LogP contribution in [0.1, 0.15) is 49.0 Å². The molecule has 30 heavy (non-hydrogen) atoms. The number of allylic oxidation sites excluding steroid dienone is 1. The fourth-order valence-corrected chi connectivity index (χ4v) is 6.42. The molecule has 2 aromatic carbocycles. The Bertz CT molecular complexity index is 1180. The number of aryl methyl sites for hydroxylation is 1. The lowest BCUT2D eigenvalue weighted by molar-refractivity contribution is -0.00316. The van der Waals surface area contributed by atoms with Gasteiger partial charge >= 0.3 is 5.97 Å². The third kappa shape index (κ3) is 3.80. The highest BCUT2D eigenvalue weighted by atomic mass is 32.2. The SMILES string of the molecule is C#CC(C)(OC(=O)c1cccc(-[s+]2cc(C)c3ccccc32)c1)C1C=C(C)CCC1. The number of hydrogen-bond donors (Lipinski definition) is 0. The summed E-state index contributed by atoms with van der Waals surface area (Å²) in [6.07, 6.45) is 11.1. The van der Waals surface area contributed by atoms with E-state index in [0.29, 0.717) is 5.56 Å². The number of benzene rings is 2. The van der Waals surface area contributed by atoms with Crippen LogP contribution < -0.4 is 0 Å². The van der Waals surface area contributed by atoms with E-state index in [0.717, 1.165) is 24.2 Å². The molecular weight excluding hydrogens is 388 g/mol. The lowest BCUT2D eigenvalue weighted by atomic mass is 9.80. The second kappa shape index (κ2) is 8.13. The molecule has 3 unspecified atom stereocenters. The zero-order valence-corrected chi connectivity index (χ0v) is 18.6. The Morgan fingerprint density at radius 1 is 1.20 bits per heavy atom. The molecule has 3 heteroatoms. The van der Waals surface area contributed by atoms with Crippen molar-refractivity contribution in [3.63, 3.8) is 0 Å². The van der Waals surface area contributed by atoms with Gasteiger partial charge in [-0.15, -0.1) is 6.42 Å². The third-order valence-corrected chi connectivity index (χ3v) is 8.22. The van der Waals surface area contributed by atoms with Gasteiger partial charge in [-0.3, -0.25) is 0 Å². The van der Waals surface area contributed by atoms with Gasteiger partial charge in [0.05, 0.1) is 5.56 Å². The standard InChI is InChI=1S/C27H27O2S/c1-5-27(4,22-12-8-10-19(2)16-22)29-26(28)21-11-9-13-23(17-21)30-18-20(3)24-14-6-7-15-25(24)30/h1,6-7,9,11,13-18,22H,8,10,12H2,2-4H3/q+1. The van der Waals surface area contributed by atoms with Crippen molar-refractivity contribution in [1.82, 2.24) is 0 Å². The molecule has 0 aliphatic heterocycles. The summed E-state index contributed by atoms with van der Waals surface area (Å²) in [7, 11) is -0.176. The van der Waals surface area contributed by atoms with E-state index >= 15 is 0 Å². The summed E-state index contributed by atoms with van der Waals surface area (Å²) in [4.78, 5) is 14.2. The Labute approximate surface area is 181 Å². The minimum absolute atomic E-state index is 0.0533. The number of carbonyl (C=O) groups is 1. The normalized spacial score (nSPS) is 18.9. The van der Waals surface area contributed by atoms with E-state index in [1.807, 2.05) is 25.1 Å². The summed E-state index contributed by atoms with van der Waals surface area (Å²) in [5, 5.41) is 3.57. The highest BCUT2D eigenvalue weighted by Crippen LogP contribution is 2.42. The minimum Gasteiger partial charge on any atom is -0.442 e. The van der Waals surface area contributed by atoms with Crippen molar-refractivity contribution in [2.45, 2.75) is 45.6 Å². The number of thiophene rings is 1. The third-order valence-electron chi connectivity index (χ3n) is 6.04. The highest BCUT2D eigenvalue weighted by molar-refractivity contribution is 7.43. The first-order valence-electron chi connectivity index (χ1n) is 10.4. The van der Waals surface area contributed by atoms with Gasteiger partial charge in [-0.25, -0.2) is 4.79 Å². The molecule has 0 N–H and O–H groups in total. The lowest BCUT2D eigenvalue weighted by Gasteiger charge is -2.33. The largest absolute Gasteiger partial charge is 0.442 e. The summed E-state index contributed by atoms with van der Waals surface area (Å²) in [5.41, 5.74) is 2.21. The van der Waals surface area contributed by atoms with E-state index in [2.05, 4.69) is 61.6 Å². The average Bonchev–Trinajstić information content (AvgIpc) is 3.10. The van der Waals surface area contributed by atoms with E-state index in [1.165, 1.54) is 21.2 Å². The predicted molar refractivity (Wildman–Crippen MR) is 126 cm³/mol. The lowest BCUT2D eigenvalue weighted by Crippen LogP contribution is -2.38. The second-order valence-corrected chi connectivity index (χ2v) is 10.1. The second-order valence-electron chi connectivity index (χ2n) is 8.32. The van der Waals surface area contributed by atoms with E-state index in [1.54, 1.807) is 0 Å². The summed E-state index contributed by atoms with van der Waals surface area (Å²) in [5.74, 6) is 2.46. The molecule has 1 aliphatic carbocycles. The fourth-order valence-electron chi connectivity index (χ4n) is 4.25. The van der Waals surface area contributed by atoms with Crippen LogP contribution in [-0.4, -0.2) is 11.6 Å². The molecular formula is C27H27O2S+. The van der Waals surface area contributed by atoms with Crippen molar-refractivity contribution in [2.24, 2.45) is 5.92 Å². The Kier molecular flexibility index (Phi) is 5.54. The first-order chi connectivity index (χ1) is 14.4. The van der Waals surface area contributed by atoms with Gasteiger partial charge in [-0.05, 0) is 64.3 Å². The van der Waals surface area contributed by atoms with Gasteiger partial charge in [0.1, 0.15) is 5.38 Å². The van der Waals surface area contributed by atoms with Crippen LogP contribution in [0.25, 0.3) is 15.0 Å². The van der Waals surface area contributed by atoms with Crippen LogP contribution >= 0.6 is 10.5 Å². The van der Waals surface area contributed by atoms with Crippen LogP contribution in [0.3, 0.4) is 0 Å². The van der Waals surface area contributed by atoms with E-state index in [4.69, 9.17) is 11.2 Å². The van der Waals surface area contributed by atoms with Gasteiger partial charge < -0.3 is 4.74 Å². The van der Waals surface area contributed by atoms with Crippen molar-refractivity contribution in [3.05, 3.63) is 76.7 Å². The Balaban J connectivity index is 1.64. The van der Waals surface area contributed by atoms with Crippen LogP contribution in [0.2, 0.25) is 0 Å². The molecule has 1 aliphatic rings. The predicted octanol–water partition coefficient (Wildman–Crippen LogP) is 7.18. The van der Waals surface area contributed by atoms with Crippen LogP contribution in [0.5, 0.6) is 0 Å². The van der Waals surface area contributed by atoms with Crippen molar-refractivity contribution in [1.29, 1.82) is 0 Å². The fraction of sp³-hybridized carbons (Fsp3) is 0.296. The molecule has 0 amide bonds. The maximum atomic E-state index is 13.1. The van der Waals surface area contributed by atoms with E-state index < -0.39 is 5.60 Å². The molecule has 2 nitrogen and oxygen atoms in total. The molecule has 0 bridgehead atoms. The van der Waals surface area contributed by atoms with Crippen molar-refractivity contribution >= 4 is 26.5 Å². The Hall–Kier alpha value is -2.83. The summed E-state index contributed by atoms with van der Waals surface area (Å²) < 4.78 is 7.24. The summed E-state index contributed by atoms with van der Waals surface area (Å²) in [6, 6.07) is 16.2. The molecule has 0 spiro atoms. The Morgan fingerprint density at radius 3 is 2.77 bits per heavy atom. The number of carbonyl (C=O) groups excluding carboxylic acids is 1. The molecule has 3 atom stereocenters. The van der Waals surface area contributed by atoms with Crippen LogP contribution in [0, 0.1) is 25.2 Å². The molecule has 152 valence electrons. The van der Waals surface area contributed by atoms with Crippen molar-refractivity contribution < 1.29 is 9.53 Å². The van der Waals surface area contributed by atoms with Crippen LogP contribution in [0.15, 0.2) is 65.6 Å². The maximum absolute atomic E-state index is 13.1. The van der Waals surface area contributed by atoms with Gasteiger partial charge in [0.2, 0.25) is 0 Å². The number of hydrogen-bond acceptors (Lipinski definition) is 2. The minimum atomic E-state index is -0.937. The van der Waals surface area contributed by atoms with Gasteiger partial charge in [-0.2, -0.15) is 0 Å². The van der Waals surface area contributed by atoms with Gasteiger partial charge in [-0.1, -0.05) is 35.8 Å². The average molecular weight is 416 g/mol. The monoisotopic (exact) mass is 415 g/mol. The topological polar surface area (TPSA) is 26.3 Å². The maximum Gasteiger partial charge on any atom is 0.339 e. The molecule has 1 heterocycles. The molecule has 4 rings (SSSR count). The first-order valence-corrected chi connectivity index (χ1v) is 11.7. The zero-order chi connectivity index (χ0) is 21.3. The molecule has 0 saturated carbocycles. The van der Waals surface area contributed by atoms with Crippen molar-refractivity contribution in [2.75, 3.05) is 0 Å². The molecule has 0 fully saturated rings. The smallest absolute Gasteiger partial charge is 0.339 e. The molecule has 3 aromatic rings. The molecule has 0 saturated heterocycles. The van der Waals surface area contributed by atoms with Gasteiger partial charge in [0.15, 0.2) is 15.2 Å². The van der Waals surface area contributed by atoms with E-state index in [-0.39, 0.29) is 22.4 Å². The van der Waals surface area contributed by atoms with Gasteiger partial charge in [0.25, 0.3) is 0 Å². The summed E-state index contributed by atoms with van der Waals surface area (Å²) in [6.45, 7) is 6.11.